The molecule has 0 spiro atoms. The zero-order valence-electron chi connectivity index (χ0n) is 72.5. The van der Waals surface area contributed by atoms with Crippen molar-refractivity contribution in [2.75, 3.05) is 69.3 Å². The number of H-pyrrole nitrogens is 1. The number of aromatic amines is 1. The number of epoxide rings is 1. The zero-order valence-corrected chi connectivity index (χ0v) is 76.5. The Morgan fingerprint density at radius 1 is 0.811 bits per heavy atom. The van der Waals surface area contributed by atoms with Gasteiger partial charge < -0.3 is 113 Å². The number of halogens is 1. The van der Waals surface area contributed by atoms with E-state index in [1.165, 1.54) is 105 Å². The molecule has 4 aliphatic heterocycles. The van der Waals surface area contributed by atoms with E-state index >= 15 is 9.59 Å². The summed E-state index contributed by atoms with van der Waals surface area (Å²) in [6.45, 7) is 9.45. The van der Waals surface area contributed by atoms with E-state index < -0.39 is 186 Å². The number of esters is 1. The van der Waals surface area contributed by atoms with Crippen LogP contribution >= 0.6 is 54.8 Å². The van der Waals surface area contributed by atoms with Crippen molar-refractivity contribution in [1.82, 2.24) is 57.7 Å². The third kappa shape index (κ3) is 28.2. The number of aromatic hydroxyl groups is 1. The summed E-state index contributed by atoms with van der Waals surface area (Å²) in [6.07, 6.45) is -0.792. The van der Waals surface area contributed by atoms with Crippen molar-refractivity contribution in [3.05, 3.63) is 148 Å². The number of hydrogen-bond acceptors (Lipinski definition) is 27. The maximum absolute atomic E-state index is 15.1. The Morgan fingerprint density at radius 2 is 1.48 bits per heavy atom. The SMILES string of the molecule is COc1cc2cc(c1Cl)N(C)C(=O)C[C@H](OC(=O)[C@H](C)N(C)C(=O)CCSSCCNC(=O)[C@@H](NC(=O)[C@@H]1CSSC[C@H](NC(=O)[C@H](N)Cc3ccccc3)C(=O)N[C@@H](Cc3ccc(O)cc3)C(=O)N[C@H](Cc3c[nH]c4ccccc34)C(=O)N[C@@H](CCCCCN)C(=O)N[C@@H]([C@@H](C)O)C(=O)N1)[C@@H](C)O)[C@]1(C)O[C@H]1[C@H](C)[C@@H]1C[C@@](O)(NC(=O)O1)[C@H](OC)/C=C/C=C(\C)C2. The molecule has 5 aromatic rings. The second-order valence-corrected chi connectivity index (χ2v) is 37.9. The van der Waals surface area contributed by atoms with Crippen LogP contribution in [0.25, 0.3) is 10.9 Å². The molecule has 0 saturated carbocycles. The summed E-state index contributed by atoms with van der Waals surface area (Å²) in [5, 5.41) is 69.5. The Bertz CT molecular complexity index is 4750. The number of allylic oxidation sites excluding steroid dienone is 3. The molecule has 18 N–H and O–H groups in total. The van der Waals surface area contributed by atoms with Crippen LogP contribution in [-0.2, 0) is 97.4 Å². The molecule has 0 aliphatic carbocycles. The number of nitrogens with zero attached hydrogens (tertiary/aromatic N) is 2. The fraction of sp³-hybridized carbons (Fsp3) is 0.517. The number of alkyl carbamates (subject to hydrolysis) is 1. The van der Waals surface area contributed by atoms with Crippen LogP contribution in [0.5, 0.6) is 11.5 Å². The van der Waals surface area contributed by atoms with Gasteiger partial charge in [-0.2, -0.15) is 0 Å². The minimum absolute atomic E-state index is 0.0359. The second kappa shape index (κ2) is 47.6. The number of nitrogens with one attached hydrogen (secondary N) is 10. The standard InChI is InChI=1S/C87H117ClN14O21S4/c1-47-20-19-26-68(120-10)87(118)43-67(121-85(117)100-87)48(2)75-86(6,123-75)69(42-71(107)102(8)65-39-54(36-47)40-66(119-9)72(65)88)122-84(116)49(3)101(7)70(106)31-34-124-125-35-33-91-82(114)73(50(4)103)98-81(113)64-46-127-126-45-63(96-76(108)58(90)37-52-21-13-11-14-22-52)80(112)94-61(38-53-27-29-56(105)30-28-53)78(110)95-62(41-55-44-92-59-24-17-16-23-57(55)59)79(111)93-60(25-15-12-18-32-89)77(109)99-74(51(5)104)83(115)97-64/h11,13-14,16-17,19-24,26-30,39-40,44,48-51,58,60-64,67-69,73-75,92,103-105,118H,12,15,18,25,31-38,41-43,45-46,89-90H2,1-10H3,(H,91,114)(H,93,111)(H,94,112)(H,95,110)(H,96,108)(H,97,115)(H,98,113)(H,99,109)(H,100,117)/b26-19+,47-20+/t48-,49+,50-,51-,58-,60+,61+,62-,63+,64+,67+,68-,69+,73+,74+,75+,86+,87+/m1/s1. The van der Waals surface area contributed by atoms with Gasteiger partial charge in [-0.05, 0) is 119 Å². The van der Waals surface area contributed by atoms with E-state index in [4.69, 9.17) is 46.8 Å². The van der Waals surface area contributed by atoms with Gasteiger partial charge in [0.15, 0.2) is 5.72 Å². The number of para-hydroxylation sites is 1. The predicted molar refractivity (Wildman–Crippen MR) is 485 cm³/mol. The molecule has 3 saturated heterocycles. The van der Waals surface area contributed by atoms with Crippen LogP contribution < -0.4 is 69.0 Å². The van der Waals surface area contributed by atoms with Crippen molar-refractivity contribution >= 4 is 143 Å². The number of nitrogens with two attached hydrogens (primary N) is 2. The monoisotopic (exact) mass is 1860 g/mol. The molecule has 11 amide bonds. The number of rotatable bonds is 30. The number of phenols is 1. The molecule has 3 fully saturated rings. The summed E-state index contributed by atoms with van der Waals surface area (Å²) >= 11 is 6.89. The lowest BCUT2D eigenvalue weighted by Crippen LogP contribution is -2.63. The highest BCUT2D eigenvalue weighted by atomic mass is 35.5. The Balaban J connectivity index is 0.872. The first kappa shape index (κ1) is 101. The van der Waals surface area contributed by atoms with Crippen molar-refractivity contribution in [3.8, 4) is 11.5 Å². The average molecular weight is 1860 g/mol. The lowest BCUT2D eigenvalue weighted by molar-refractivity contribution is -0.162. The number of carbonyl (C=O) groups excluding carboxylic acids is 12. The smallest absolute Gasteiger partial charge is 0.409 e. The van der Waals surface area contributed by atoms with E-state index in [-0.39, 0.29) is 78.9 Å². The first-order valence-electron chi connectivity index (χ1n) is 41.9. The van der Waals surface area contributed by atoms with Crippen molar-refractivity contribution in [1.29, 1.82) is 0 Å². The molecule has 4 aromatic carbocycles. The number of phenolic OH excluding ortho intramolecular Hbond substituents is 1. The molecule has 4 bridgehead atoms. The number of methoxy groups -OCH3 is 2. The first-order valence-corrected chi connectivity index (χ1v) is 47.2. The third-order valence-corrected chi connectivity index (χ3v) is 27.9. The number of ether oxygens (including phenoxy) is 5. The van der Waals surface area contributed by atoms with Crippen LogP contribution in [0.1, 0.15) is 109 Å². The summed E-state index contributed by atoms with van der Waals surface area (Å²) in [5.74, 6) is -9.89. The van der Waals surface area contributed by atoms with Crippen LogP contribution in [0, 0.1) is 5.92 Å². The lowest BCUT2D eigenvalue weighted by atomic mass is 9.83. The van der Waals surface area contributed by atoms with Crippen molar-refractivity contribution in [2.45, 2.75) is 214 Å². The number of unbranched alkanes of at least 4 members (excludes halogenated alkanes) is 2. The number of aliphatic hydroxyl groups is 3. The topological polar surface area (TPSA) is 518 Å². The van der Waals surface area contributed by atoms with Gasteiger partial charge in [-0.3, -0.25) is 53.3 Å². The Kier molecular flexibility index (Phi) is 37.9. The maximum atomic E-state index is 15.1. The van der Waals surface area contributed by atoms with Gasteiger partial charge >= 0.3 is 12.1 Å². The number of hydrogen-bond donors (Lipinski definition) is 16. The number of carbonyl (C=O) groups is 12. The molecule has 1 aromatic heterocycles. The number of anilines is 1. The molecule has 5 heterocycles. The van der Waals surface area contributed by atoms with Crippen LogP contribution in [0.4, 0.5) is 10.5 Å². The quantitative estimate of drug-likeness (QED) is 0.0135. The number of aromatic nitrogens is 1. The van der Waals surface area contributed by atoms with Gasteiger partial charge in [0.25, 0.3) is 0 Å². The summed E-state index contributed by atoms with van der Waals surface area (Å²) in [6, 6.07) is 11.9. The summed E-state index contributed by atoms with van der Waals surface area (Å²) in [7, 11) is 10.2. The van der Waals surface area contributed by atoms with Crippen LogP contribution in [0.3, 0.4) is 0 Å². The predicted octanol–water partition coefficient (Wildman–Crippen LogP) is 3.71. The van der Waals surface area contributed by atoms with E-state index in [1.807, 2.05) is 25.1 Å². The van der Waals surface area contributed by atoms with Crippen LogP contribution in [-0.4, -0.2) is 268 Å². The Morgan fingerprint density at radius 3 is 2.17 bits per heavy atom. The lowest BCUT2D eigenvalue weighted by Gasteiger charge is -2.42. The van der Waals surface area contributed by atoms with Gasteiger partial charge in [0, 0.05) is 99.5 Å². The largest absolute Gasteiger partial charge is 0.508 e. The maximum Gasteiger partial charge on any atom is 0.409 e. The highest BCUT2D eigenvalue weighted by Gasteiger charge is 2.65. The van der Waals surface area contributed by atoms with Crippen molar-refractivity contribution < 1.29 is 102 Å². The second-order valence-electron chi connectivity index (χ2n) is 32.3. The van der Waals surface area contributed by atoms with Crippen molar-refractivity contribution in [2.24, 2.45) is 17.4 Å². The molecule has 127 heavy (non-hydrogen) atoms. The van der Waals surface area contributed by atoms with Gasteiger partial charge in [0.1, 0.15) is 88.8 Å². The Labute approximate surface area is 758 Å². The highest BCUT2D eigenvalue weighted by molar-refractivity contribution is 8.77. The first-order chi connectivity index (χ1) is 60.4. The number of amides is 11. The highest BCUT2D eigenvalue weighted by Crippen LogP contribution is 2.49. The fourth-order valence-corrected chi connectivity index (χ4v) is 19.5. The molecular formula is C87H117ClN14O21S4. The molecule has 0 radical (unpaired) electrons. The van der Waals surface area contributed by atoms with Crippen LogP contribution in [0.2, 0.25) is 5.02 Å². The minimum Gasteiger partial charge on any atom is -0.508 e. The summed E-state index contributed by atoms with van der Waals surface area (Å²) in [4.78, 5) is 179. The normalized spacial score (nSPS) is 26.1. The van der Waals surface area contributed by atoms with E-state index in [9.17, 15) is 68.4 Å². The third-order valence-electron chi connectivity index (χ3n) is 22.6. The minimum atomic E-state index is -1.94. The van der Waals surface area contributed by atoms with Gasteiger partial charge in [0.2, 0.25) is 59.1 Å². The number of aliphatic hydroxyl groups excluding tert-OH is 2. The van der Waals surface area contributed by atoms with Gasteiger partial charge in [-0.25, -0.2) is 9.59 Å². The van der Waals surface area contributed by atoms with E-state index in [2.05, 4.69) is 52.8 Å². The van der Waals surface area contributed by atoms with Gasteiger partial charge in [0.05, 0.1) is 43.6 Å². The molecule has 0 unspecified atom stereocenters. The van der Waals surface area contributed by atoms with E-state index in [0.717, 1.165) is 32.7 Å². The molecule has 40 heteroatoms. The molecule has 4 aliphatic rings. The molecule has 35 nitrogen and oxygen atoms in total. The van der Waals surface area contributed by atoms with Gasteiger partial charge in [-0.1, -0.05) is 159 Å². The molecule has 692 valence electrons. The molecule has 18 atom stereocenters. The zero-order chi connectivity index (χ0) is 92.6. The summed E-state index contributed by atoms with van der Waals surface area (Å²) < 4.78 is 29.7. The van der Waals surface area contributed by atoms with Crippen molar-refractivity contribution in [3.63, 3.8) is 0 Å². The molecule has 9 rings (SSSR count). The molecular weight excluding hydrogens is 1740 g/mol. The van der Waals surface area contributed by atoms with E-state index in [1.54, 1.807) is 86.8 Å². The number of fused-ring (bicyclic) bond motifs is 6. The Hall–Kier alpha value is -9.65. The number of likely N-dealkylation sites (N-methyl/N-ethyl adjacent to an activating group) is 1. The van der Waals surface area contributed by atoms with Crippen LogP contribution in [0.15, 0.2) is 121 Å². The van der Waals surface area contributed by atoms with E-state index in [0.29, 0.717) is 71.3 Å². The number of benzene rings is 4. The fourth-order valence-electron chi connectivity index (χ4n) is 14.9. The average Bonchev–Trinajstić information content (AvgIpc) is 1.57. The summed E-state index contributed by atoms with van der Waals surface area (Å²) in [5.41, 5.74) is 13.3. The van der Waals surface area contributed by atoms with Gasteiger partial charge in [-0.15, -0.1) is 0 Å².